The fourth-order valence-electron chi connectivity index (χ4n) is 3.51. The summed E-state index contributed by atoms with van der Waals surface area (Å²) >= 11 is 1.68. The Labute approximate surface area is 197 Å². The normalized spacial score (nSPS) is 13.1. The smallest absolute Gasteiger partial charge is 0.161 e. The van der Waals surface area contributed by atoms with Crippen LogP contribution in [0.1, 0.15) is 6.92 Å². The van der Waals surface area contributed by atoms with Gasteiger partial charge in [-0.05, 0) is 42.6 Å². The second-order valence-corrected chi connectivity index (χ2v) is 8.79. The third-order valence-corrected chi connectivity index (χ3v) is 6.18. The van der Waals surface area contributed by atoms with Crippen LogP contribution in [0.5, 0.6) is 17.2 Å². The van der Waals surface area contributed by atoms with Crippen molar-refractivity contribution in [3.63, 3.8) is 0 Å². The predicted octanol–water partition coefficient (Wildman–Crippen LogP) is 4.11. The number of hydrogen-bond acceptors (Lipinski definition) is 7. The van der Waals surface area contributed by atoms with Gasteiger partial charge in [0.1, 0.15) is 30.8 Å². The van der Waals surface area contributed by atoms with E-state index in [0.717, 1.165) is 21.5 Å². The number of rotatable bonds is 11. The van der Waals surface area contributed by atoms with Crippen LogP contribution in [-0.4, -0.2) is 53.9 Å². The van der Waals surface area contributed by atoms with E-state index in [-0.39, 0.29) is 12.6 Å². The fourth-order valence-corrected chi connectivity index (χ4v) is 4.43. The number of aromatic nitrogens is 2. The van der Waals surface area contributed by atoms with Crippen LogP contribution in [0.3, 0.4) is 0 Å². The molecule has 0 saturated carbocycles. The molecule has 2 aromatic carbocycles. The lowest BCUT2D eigenvalue weighted by atomic mass is 10.1. The Morgan fingerprint density at radius 3 is 2.70 bits per heavy atom. The van der Waals surface area contributed by atoms with E-state index in [9.17, 15) is 5.11 Å². The quantitative estimate of drug-likeness (QED) is 0.346. The van der Waals surface area contributed by atoms with Crippen molar-refractivity contribution in [3.8, 4) is 28.5 Å². The number of hydrogen-bond donors (Lipinski definition) is 2. The Balaban J connectivity index is 1.26. The van der Waals surface area contributed by atoms with Crippen LogP contribution in [0.15, 0.2) is 60.0 Å². The highest BCUT2D eigenvalue weighted by atomic mass is 32.1. The highest BCUT2D eigenvalue weighted by Crippen LogP contribution is 2.33. The second kappa shape index (κ2) is 10.7. The molecule has 0 saturated heterocycles. The first kappa shape index (κ1) is 23.1. The van der Waals surface area contributed by atoms with Gasteiger partial charge < -0.3 is 24.6 Å². The van der Waals surface area contributed by atoms with Gasteiger partial charge in [0.15, 0.2) is 11.5 Å². The maximum atomic E-state index is 10.4. The number of nitrogens with zero attached hydrogens (tertiary/aromatic N) is 2. The summed E-state index contributed by atoms with van der Waals surface area (Å²) in [5, 5.41) is 20.4. The first-order valence-electron chi connectivity index (χ1n) is 10.9. The number of nitrogens with one attached hydrogen (secondary N) is 1. The van der Waals surface area contributed by atoms with E-state index >= 15 is 0 Å². The van der Waals surface area contributed by atoms with Crippen molar-refractivity contribution < 1.29 is 19.3 Å². The van der Waals surface area contributed by atoms with Crippen LogP contribution < -0.4 is 19.5 Å². The first-order chi connectivity index (χ1) is 16.0. The highest BCUT2D eigenvalue weighted by Gasteiger charge is 2.14. The molecule has 0 spiro atoms. The zero-order valence-corrected chi connectivity index (χ0v) is 19.8. The Hall–Kier alpha value is -3.07. The molecule has 2 atom stereocenters. The predicted molar refractivity (Wildman–Crippen MR) is 131 cm³/mol. The van der Waals surface area contributed by atoms with Crippen molar-refractivity contribution in [2.75, 3.05) is 26.9 Å². The van der Waals surface area contributed by atoms with Gasteiger partial charge in [-0.1, -0.05) is 24.3 Å². The molecule has 2 N–H and O–H groups in total. The number of ether oxygens (including phenoxy) is 3. The van der Waals surface area contributed by atoms with Gasteiger partial charge in [0.25, 0.3) is 0 Å². The van der Waals surface area contributed by atoms with Crippen LogP contribution in [0.25, 0.3) is 21.5 Å². The molecule has 0 aliphatic heterocycles. The molecule has 0 bridgehead atoms. The van der Waals surface area contributed by atoms with E-state index in [2.05, 4.69) is 21.9 Å². The van der Waals surface area contributed by atoms with Crippen molar-refractivity contribution >= 4 is 21.6 Å². The van der Waals surface area contributed by atoms with Gasteiger partial charge in [0.2, 0.25) is 0 Å². The molecule has 0 aliphatic rings. The Kier molecular flexibility index (Phi) is 7.49. The average Bonchev–Trinajstić information content (AvgIpc) is 3.44. The summed E-state index contributed by atoms with van der Waals surface area (Å²) in [6.07, 6.45) is -0.652. The summed E-state index contributed by atoms with van der Waals surface area (Å²) in [6.45, 7) is 3.04. The van der Waals surface area contributed by atoms with Crippen LogP contribution in [0, 0.1) is 0 Å². The molecule has 2 aromatic heterocycles. The van der Waals surface area contributed by atoms with Crippen molar-refractivity contribution in [2.45, 2.75) is 19.1 Å². The minimum Gasteiger partial charge on any atom is -0.493 e. The molecule has 2 unspecified atom stereocenters. The molecule has 0 amide bonds. The maximum absolute atomic E-state index is 10.4. The molecule has 0 radical (unpaired) electrons. The zero-order valence-electron chi connectivity index (χ0n) is 19.0. The fraction of sp³-hybridized carbons (Fsp3) is 0.320. The van der Waals surface area contributed by atoms with Crippen molar-refractivity contribution in [1.82, 2.24) is 15.1 Å². The minimum absolute atomic E-state index is 0.0465. The van der Waals surface area contributed by atoms with Crippen LogP contribution in [0.2, 0.25) is 0 Å². The van der Waals surface area contributed by atoms with Crippen LogP contribution in [0.4, 0.5) is 0 Å². The maximum Gasteiger partial charge on any atom is 0.161 e. The van der Waals surface area contributed by atoms with Crippen LogP contribution in [-0.2, 0) is 7.05 Å². The summed E-state index contributed by atoms with van der Waals surface area (Å²) < 4.78 is 20.0. The van der Waals surface area contributed by atoms with Gasteiger partial charge >= 0.3 is 0 Å². The first-order valence-corrected chi connectivity index (χ1v) is 11.7. The van der Waals surface area contributed by atoms with Gasteiger partial charge in [0, 0.05) is 25.2 Å². The average molecular weight is 468 g/mol. The highest BCUT2D eigenvalue weighted by molar-refractivity contribution is 7.17. The summed E-state index contributed by atoms with van der Waals surface area (Å²) in [7, 11) is 3.57. The molecular weight excluding hydrogens is 438 g/mol. The third kappa shape index (κ3) is 5.65. The minimum atomic E-state index is -0.652. The number of methoxy groups -OCH3 is 1. The number of para-hydroxylation sites is 2. The van der Waals surface area contributed by atoms with E-state index < -0.39 is 6.10 Å². The van der Waals surface area contributed by atoms with E-state index in [1.165, 1.54) is 0 Å². The lowest BCUT2D eigenvalue weighted by Gasteiger charge is -2.19. The van der Waals surface area contributed by atoms with E-state index in [4.69, 9.17) is 14.2 Å². The van der Waals surface area contributed by atoms with Gasteiger partial charge in [-0.15, -0.1) is 11.3 Å². The molecule has 4 rings (SSSR count). The van der Waals surface area contributed by atoms with Crippen molar-refractivity contribution in [1.29, 1.82) is 0 Å². The Bertz CT molecular complexity index is 1190. The van der Waals surface area contributed by atoms with Crippen molar-refractivity contribution in [2.24, 2.45) is 7.05 Å². The number of aliphatic hydroxyl groups is 1. The third-order valence-electron chi connectivity index (χ3n) is 5.27. The topological polar surface area (TPSA) is 77.8 Å². The molecular formula is C25H29N3O4S. The Morgan fingerprint density at radius 2 is 1.88 bits per heavy atom. The standard InChI is InChI=1S/C25H29N3O4S/c1-17(15-32-23-10-5-4-9-22(23)30-3)26-14-19(29)16-31-20-8-6-7-18(13-20)24-25-21(11-12-33-25)28(2)27-24/h4-13,17,19,26,29H,14-16H2,1-3H3. The number of benzene rings is 2. The second-order valence-electron chi connectivity index (χ2n) is 7.87. The molecule has 33 heavy (non-hydrogen) atoms. The van der Waals surface area contributed by atoms with Gasteiger partial charge in [-0.25, -0.2) is 0 Å². The number of fused-ring (bicyclic) bond motifs is 1. The molecule has 0 fully saturated rings. The summed E-state index contributed by atoms with van der Waals surface area (Å²) in [5.74, 6) is 2.10. The Morgan fingerprint density at radius 1 is 1.06 bits per heavy atom. The molecule has 8 heteroatoms. The summed E-state index contributed by atoms with van der Waals surface area (Å²) in [5.41, 5.74) is 3.06. The van der Waals surface area contributed by atoms with Gasteiger partial charge in [-0.3, -0.25) is 4.68 Å². The number of aliphatic hydroxyl groups excluding tert-OH is 1. The molecule has 4 aromatic rings. The van der Waals surface area contributed by atoms with Crippen LogP contribution >= 0.6 is 11.3 Å². The van der Waals surface area contributed by atoms with Gasteiger partial charge in [0.05, 0.1) is 17.3 Å². The van der Waals surface area contributed by atoms with E-state index in [1.54, 1.807) is 18.4 Å². The number of aryl methyl sites for hydroxylation is 1. The summed E-state index contributed by atoms with van der Waals surface area (Å²) in [4.78, 5) is 0. The SMILES string of the molecule is COc1ccccc1OCC(C)NCC(O)COc1cccc(-c2nn(C)c3ccsc23)c1. The lowest BCUT2D eigenvalue weighted by Crippen LogP contribution is -2.39. The molecule has 174 valence electrons. The zero-order chi connectivity index (χ0) is 23.2. The van der Waals surface area contributed by atoms with E-state index in [0.29, 0.717) is 30.4 Å². The van der Waals surface area contributed by atoms with Gasteiger partial charge in [-0.2, -0.15) is 5.10 Å². The number of thiophene rings is 1. The lowest BCUT2D eigenvalue weighted by molar-refractivity contribution is 0.101. The molecule has 0 aliphatic carbocycles. The summed E-state index contributed by atoms with van der Waals surface area (Å²) in [6, 6.07) is 17.5. The molecule has 2 heterocycles. The van der Waals surface area contributed by atoms with E-state index in [1.807, 2.05) is 67.2 Å². The largest absolute Gasteiger partial charge is 0.493 e. The van der Waals surface area contributed by atoms with Crippen molar-refractivity contribution in [3.05, 3.63) is 60.0 Å². The monoisotopic (exact) mass is 467 g/mol. The molecule has 7 nitrogen and oxygen atoms in total.